The Bertz CT molecular complexity index is 755. The van der Waals surface area contributed by atoms with Crippen LogP contribution in [0.2, 0.25) is 0 Å². The first-order valence-corrected chi connectivity index (χ1v) is 9.91. The molecule has 8 heteroatoms. The Kier molecular flexibility index (Phi) is 6.75. The number of halogens is 2. The van der Waals surface area contributed by atoms with Gasteiger partial charge in [-0.05, 0) is 24.1 Å². The predicted molar refractivity (Wildman–Crippen MR) is 104 cm³/mol. The Morgan fingerprint density at radius 1 is 1.22 bits per heavy atom. The normalized spacial score (nSPS) is 18.8. The highest BCUT2D eigenvalue weighted by molar-refractivity contribution is 7.15. The van der Waals surface area contributed by atoms with E-state index in [0.29, 0.717) is 13.0 Å². The van der Waals surface area contributed by atoms with Crippen molar-refractivity contribution in [1.29, 1.82) is 0 Å². The van der Waals surface area contributed by atoms with Crippen LogP contribution in [0.4, 0.5) is 13.9 Å². The summed E-state index contributed by atoms with van der Waals surface area (Å²) in [4.78, 5) is 12.3. The van der Waals surface area contributed by atoms with Gasteiger partial charge in [-0.25, -0.2) is 13.8 Å². The van der Waals surface area contributed by atoms with Gasteiger partial charge in [-0.2, -0.15) is 0 Å². The molecule has 0 bridgehead atoms. The smallest absolute Gasteiger partial charge is 0.185 e. The van der Waals surface area contributed by atoms with Crippen molar-refractivity contribution in [2.45, 2.75) is 25.6 Å². The number of benzene rings is 1. The van der Waals surface area contributed by atoms with Crippen LogP contribution < -0.4 is 4.90 Å². The van der Waals surface area contributed by atoms with Crippen molar-refractivity contribution in [3.63, 3.8) is 0 Å². The lowest BCUT2D eigenvalue weighted by Gasteiger charge is -2.41. The van der Waals surface area contributed by atoms with E-state index in [1.807, 2.05) is 25.2 Å². The molecule has 2 aromatic rings. The van der Waals surface area contributed by atoms with E-state index in [0.717, 1.165) is 36.9 Å². The first-order chi connectivity index (χ1) is 13.0. The van der Waals surface area contributed by atoms with Crippen LogP contribution in [0.15, 0.2) is 24.4 Å². The van der Waals surface area contributed by atoms with Gasteiger partial charge in [0.1, 0.15) is 0 Å². The Morgan fingerprint density at radius 2 is 2.04 bits per heavy atom. The molecule has 0 spiro atoms. The number of piperazine rings is 1. The summed E-state index contributed by atoms with van der Waals surface area (Å²) >= 11 is 1.69. The lowest BCUT2D eigenvalue weighted by Crippen LogP contribution is -2.52. The molecule has 27 heavy (non-hydrogen) atoms. The molecule has 1 N–H and O–H groups in total. The molecule has 1 fully saturated rings. The van der Waals surface area contributed by atoms with Gasteiger partial charge in [-0.3, -0.25) is 9.80 Å². The molecule has 1 unspecified atom stereocenters. The second-order valence-electron chi connectivity index (χ2n) is 7.12. The number of nitrogens with zero attached hydrogens (tertiary/aromatic N) is 4. The van der Waals surface area contributed by atoms with E-state index in [9.17, 15) is 13.9 Å². The zero-order chi connectivity index (χ0) is 19.4. The molecule has 1 saturated heterocycles. The van der Waals surface area contributed by atoms with Crippen LogP contribution in [0, 0.1) is 11.6 Å². The van der Waals surface area contributed by atoms with E-state index in [2.05, 4.69) is 14.8 Å². The molecule has 1 aliphatic rings. The Balaban J connectivity index is 1.62. The van der Waals surface area contributed by atoms with Gasteiger partial charge in [-0.1, -0.05) is 6.07 Å². The second kappa shape index (κ2) is 9.05. The maximum atomic E-state index is 13.5. The minimum Gasteiger partial charge on any atom is -0.396 e. The van der Waals surface area contributed by atoms with Crippen molar-refractivity contribution in [2.24, 2.45) is 0 Å². The van der Waals surface area contributed by atoms with Crippen LogP contribution >= 0.6 is 11.3 Å². The Morgan fingerprint density at radius 3 is 2.70 bits per heavy atom. The maximum Gasteiger partial charge on any atom is 0.185 e. The van der Waals surface area contributed by atoms with Crippen LogP contribution in [-0.2, 0) is 13.1 Å². The molecule has 0 aliphatic carbocycles. The molecular weight excluding hydrogens is 370 g/mol. The first kappa shape index (κ1) is 20.1. The minimum atomic E-state index is -0.822. The highest BCUT2D eigenvalue weighted by Crippen LogP contribution is 2.24. The van der Waals surface area contributed by atoms with Gasteiger partial charge in [0.15, 0.2) is 16.8 Å². The molecular formula is C19H26F2N4OS. The fourth-order valence-corrected chi connectivity index (χ4v) is 4.28. The number of anilines is 1. The zero-order valence-electron chi connectivity index (χ0n) is 15.7. The minimum absolute atomic E-state index is 0.109. The molecule has 1 aromatic carbocycles. The third kappa shape index (κ3) is 5.22. The van der Waals surface area contributed by atoms with Gasteiger partial charge in [0, 0.05) is 70.5 Å². The van der Waals surface area contributed by atoms with E-state index in [-0.39, 0.29) is 12.6 Å². The summed E-state index contributed by atoms with van der Waals surface area (Å²) in [5, 5.41) is 10.4. The van der Waals surface area contributed by atoms with Crippen LogP contribution in [0.1, 0.15) is 16.9 Å². The topological polar surface area (TPSA) is 42.8 Å². The molecule has 0 amide bonds. The van der Waals surface area contributed by atoms with Gasteiger partial charge >= 0.3 is 0 Å². The third-order valence-electron chi connectivity index (χ3n) is 4.82. The highest BCUT2D eigenvalue weighted by atomic mass is 32.1. The van der Waals surface area contributed by atoms with Crippen molar-refractivity contribution in [3.05, 3.63) is 46.5 Å². The van der Waals surface area contributed by atoms with Crippen LogP contribution in [0.5, 0.6) is 0 Å². The second-order valence-corrected chi connectivity index (χ2v) is 8.22. The molecule has 3 rings (SSSR count). The molecule has 148 valence electrons. The SMILES string of the molecule is CN(C)c1ncc(CN2CCN(Cc3ccc(F)c(F)c3)C(CCO)C2)s1. The van der Waals surface area contributed by atoms with Crippen LogP contribution in [0.25, 0.3) is 0 Å². The summed E-state index contributed by atoms with van der Waals surface area (Å²) in [6.07, 6.45) is 2.58. The summed E-state index contributed by atoms with van der Waals surface area (Å²) in [5.41, 5.74) is 0.753. The standard InChI is InChI=1S/C19H26F2N4OS/c1-23(2)19-22-10-16(27-19)13-24-6-7-25(15(12-24)5-8-26)11-14-3-4-17(20)18(21)9-14/h3-4,9-10,15,26H,5-8,11-13H2,1-2H3. The number of hydrogen-bond acceptors (Lipinski definition) is 6. The van der Waals surface area contributed by atoms with E-state index in [4.69, 9.17) is 0 Å². The quantitative estimate of drug-likeness (QED) is 0.779. The Hall–Kier alpha value is -1.61. The number of aliphatic hydroxyl groups excluding tert-OH is 1. The van der Waals surface area contributed by atoms with Gasteiger partial charge < -0.3 is 10.0 Å². The molecule has 1 aromatic heterocycles. The fourth-order valence-electron chi connectivity index (χ4n) is 3.40. The lowest BCUT2D eigenvalue weighted by molar-refractivity contribution is 0.0503. The number of thiazole rings is 1. The molecule has 0 radical (unpaired) electrons. The van der Waals surface area contributed by atoms with Gasteiger partial charge in [0.05, 0.1) is 0 Å². The van der Waals surface area contributed by atoms with E-state index >= 15 is 0 Å². The van der Waals surface area contributed by atoms with E-state index in [1.165, 1.54) is 17.0 Å². The third-order valence-corrected chi connectivity index (χ3v) is 5.97. The van der Waals surface area contributed by atoms with Crippen molar-refractivity contribution < 1.29 is 13.9 Å². The molecule has 2 heterocycles. The largest absolute Gasteiger partial charge is 0.396 e. The predicted octanol–water partition coefficient (Wildman–Crippen LogP) is 2.56. The molecule has 1 aliphatic heterocycles. The first-order valence-electron chi connectivity index (χ1n) is 9.09. The summed E-state index contributed by atoms with van der Waals surface area (Å²) in [7, 11) is 3.97. The lowest BCUT2D eigenvalue weighted by atomic mass is 10.1. The monoisotopic (exact) mass is 396 g/mol. The maximum absolute atomic E-state index is 13.5. The summed E-state index contributed by atoms with van der Waals surface area (Å²) in [6.45, 7) is 4.05. The number of rotatable bonds is 7. The average Bonchev–Trinajstić information content (AvgIpc) is 3.09. The fraction of sp³-hybridized carbons (Fsp3) is 0.526. The van der Waals surface area contributed by atoms with Gasteiger partial charge in [-0.15, -0.1) is 11.3 Å². The zero-order valence-corrected chi connectivity index (χ0v) is 16.6. The summed E-state index contributed by atoms with van der Waals surface area (Å²) in [5.74, 6) is -1.64. The van der Waals surface area contributed by atoms with Crippen LogP contribution in [0.3, 0.4) is 0 Å². The summed E-state index contributed by atoms with van der Waals surface area (Å²) in [6, 6.07) is 4.24. The van der Waals surface area contributed by atoms with E-state index < -0.39 is 11.6 Å². The highest BCUT2D eigenvalue weighted by Gasteiger charge is 2.27. The summed E-state index contributed by atoms with van der Waals surface area (Å²) < 4.78 is 26.6. The number of hydrogen-bond donors (Lipinski definition) is 1. The number of aromatic nitrogens is 1. The Labute approximate surface area is 162 Å². The average molecular weight is 397 g/mol. The van der Waals surface area contributed by atoms with Crippen molar-refractivity contribution >= 4 is 16.5 Å². The molecule has 0 saturated carbocycles. The van der Waals surface area contributed by atoms with Crippen molar-refractivity contribution in [2.75, 3.05) is 45.2 Å². The van der Waals surface area contributed by atoms with Gasteiger partial charge in [0.25, 0.3) is 0 Å². The van der Waals surface area contributed by atoms with Crippen molar-refractivity contribution in [3.8, 4) is 0 Å². The van der Waals surface area contributed by atoms with E-state index in [1.54, 1.807) is 17.4 Å². The van der Waals surface area contributed by atoms with Gasteiger partial charge in [0.2, 0.25) is 0 Å². The molecule has 5 nitrogen and oxygen atoms in total. The molecule has 1 atom stereocenters. The van der Waals surface area contributed by atoms with Crippen LogP contribution in [-0.4, -0.2) is 66.3 Å². The van der Waals surface area contributed by atoms with Crippen molar-refractivity contribution in [1.82, 2.24) is 14.8 Å². The number of aliphatic hydroxyl groups is 1.